The summed E-state index contributed by atoms with van der Waals surface area (Å²) in [6, 6.07) is 10.0. The van der Waals surface area contributed by atoms with Gasteiger partial charge in [-0.15, -0.1) is 0 Å². The van der Waals surface area contributed by atoms with Gasteiger partial charge in [-0.25, -0.2) is 0 Å². The summed E-state index contributed by atoms with van der Waals surface area (Å²) in [5.41, 5.74) is 4.48. The van der Waals surface area contributed by atoms with E-state index in [4.69, 9.17) is 4.74 Å². The zero-order chi connectivity index (χ0) is 17.6. The summed E-state index contributed by atoms with van der Waals surface area (Å²) in [7, 11) is 0. The van der Waals surface area contributed by atoms with Gasteiger partial charge in [-0.2, -0.15) is 0 Å². The van der Waals surface area contributed by atoms with E-state index in [0.717, 1.165) is 24.2 Å². The van der Waals surface area contributed by atoms with Crippen LogP contribution in [0.4, 0.5) is 0 Å². The number of ether oxygens (including phenoxy) is 1. The normalized spacial score (nSPS) is 16.4. The van der Waals surface area contributed by atoms with Gasteiger partial charge >= 0.3 is 0 Å². The second kappa shape index (κ2) is 8.23. The Hall–Kier alpha value is -2.24. The van der Waals surface area contributed by atoms with E-state index in [1.54, 1.807) is 6.20 Å². The zero-order valence-electron chi connectivity index (χ0n) is 14.9. The molecule has 0 unspecified atom stereocenters. The zero-order valence-corrected chi connectivity index (χ0v) is 14.9. The molecule has 1 fully saturated rings. The second-order valence-electron chi connectivity index (χ2n) is 6.54. The molecule has 1 saturated heterocycles. The van der Waals surface area contributed by atoms with Crippen LogP contribution in [0, 0.1) is 13.8 Å². The van der Waals surface area contributed by atoms with Crippen molar-refractivity contribution in [3.05, 3.63) is 65.0 Å². The van der Waals surface area contributed by atoms with E-state index in [-0.39, 0.29) is 11.9 Å². The Balaban J connectivity index is 1.80. The van der Waals surface area contributed by atoms with Crippen LogP contribution in [0.1, 0.15) is 28.3 Å². The van der Waals surface area contributed by atoms with Crippen molar-refractivity contribution in [3.63, 3.8) is 0 Å². The van der Waals surface area contributed by atoms with E-state index >= 15 is 0 Å². The first-order valence-corrected chi connectivity index (χ1v) is 8.70. The lowest BCUT2D eigenvalue weighted by molar-refractivity contribution is -0.123. The van der Waals surface area contributed by atoms with Crippen LogP contribution in [0.25, 0.3) is 0 Å². The Morgan fingerprint density at radius 3 is 2.76 bits per heavy atom. The molecule has 1 aromatic heterocycles. The number of nitrogens with one attached hydrogen (secondary N) is 1. The van der Waals surface area contributed by atoms with Crippen molar-refractivity contribution in [2.24, 2.45) is 0 Å². The Morgan fingerprint density at radius 1 is 1.28 bits per heavy atom. The van der Waals surface area contributed by atoms with Crippen LogP contribution >= 0.6 is 0 Å². The van der Waals surface area contributed by atoms with Gasteiger partial charge in [-0.3, -0.25) is 14.7 Å². The second-order valence-corrected chi connectivity index (χ2v) is 6.54. The van der Waals surface area contributed by atoms with Crippen molar-refractivity contribution in [2.45, 2.75) is 19.9 Å². The van der Waals surface area contributed by atoms with E-state index in [1.165, 1.54) is 11.1 Å². The molecule has 25 heavy (non-hydrogen) atoms. The standard InChI is InChI=1S/C20H25N3O2/c1-15-5-6-18(16(2)12-15)20(17-4-3-7-21-13-17)22-19(24)14-23-8-10-25-11-9-23/h3-7,12-13,20H,8-11,14H2,1-2H3,(H,22,24)/t20-/m1/s1. The molecule has 1 aliphatic heterocycles. The fraction of sp³-hybridized carbons (Fsp3) is 0.400. The fourth-order valence-electron chi connectivity index (χ4n) is 3.21. The SMILES string of the molecule is Cc1ccc([C@H](NC(=O)CN2CCOCC2)c2cccnc2)c(C)c1. The van der Waals surface area contributed by atoms with Crippen molar-refractivity contribution in [1.82, 2.24) is 15.2 Å². The first kappa shape index (κ1) is 17.6. The molecule has 5 nitrogen and oxygen atoms in total. The Labute approximate surface area is 149 Å². The minimum atomic E-state index is -0.192. The number of benzene rings is 1. The average Bonchev–Trinajstić information content (AvgIpc) is 2.62. The topological polar surface area (TPSA) is 54.5 Å². The Morgan fingerprint density at radius 2 is 2.08 bits per heavy atom. The highest BCUT2D eigenvalue weighted by molar-refractivity contribution is 5.79. The van der Waals surface area contributed by atoms with E-state index in [9.17, 15) is 4.79 Å². The molecule has 1 atom stereocenters. The number of pyridine rings is 1. The molecule has 1 N–H and O–H groups in total. The van der Waals surface area contributed by atoms with Gasteiger partial charge in [0.1, 0.15) is 0 Å². The van der Waals surface area contributed by atoms with Gasteiger partial charge in [0.05, 0.1) is 25.8 Å². The molecule has 1 aliphatic rings. The Bertz CT molecular complexity index is 712. The minimum absolute atomic E-state index is 0.0238. The third-order valence-corrected chi connectivity index (χ3v) is 4.53. The summed E-state index contributed by atoms with van der Waals surface area (Å²) >= 11 is 0. The smallest absolute Gasteiger partial charge is 0.234 e. The van der Waals surface area contributed by atoms with Gasteiger partial charge in [0.2, 0.25) is 5.91 Å². The molecule has 0 radical (unpaired) electrons. The maximum absolute atomic E-state index is 12.6. The number of hydrogen-bond donors (Lipinski definition) is 1. The fourth-order valence-corrected chi connectivity index (χ4v) is 3.21. The number of hydrogen-bond acceptors (Lipinski definition) is 4. The lowest BCUT2D eigenvalue weighted by atomic mass is 9.94. The number of aromatic nitrogens is 1. The van der Waals surface area contributed by atoms with E-state index in [1.807, 2.05) is 18.3 Å². The van der Waals surface area contributed by atoms with Gasteiger partial charge in [0.15, 0.2) is 0 Å². The molecule has 0 bridgehead atoms. The van der Waals surface area contributed by atoms with Crippen LogP contribution < -0.4 is 5.32 Å². The summed E-state index contributed by atoms with van der Waals surface area (Å²) in [5, 5.41) is 3.20. The average molecular weight is 339 g/mol. The van der Waals surface area contributed by atoms with Gasteiger partial charge in [-0.05, 0) is 36.6 Å². The van der Waals surface area contributed by atoms with Crippen LogP contribution in [0.15, 0.2) is 42.7 Å². The minimum Gasteiger partial charge on any atom is -0.379 e. The number of carbonyl (C=O) groups excluding carboxylic acids is 1. The number of rotatable bonds is 5. The van der Waals surface area contributed by atoms with Crippen molar-refractivity contribution in [1.29, 1.82) is 0 Å². The molecule has 0 spiro atoms. The number of carbonyl (C=O) groups is 1. The summed E-state index contributed by atoms with van der Waals surface area (Å²) < 4.78 is 5.35. The number of amides is 1. The monoisotopic (exact) mass is 339 g/mol. The van der Waals surface area contributed by atoms with Crippen molar-refractivity contribution in [2.75, 3.05) is 32.8 Å². The molecule has 5 heteroatoms. The molecular weight excluding hydrogens is 314 g/mol. The predicted octanol–water partition coefficient (Wildman–Crippen LogP) is 2.24. The number of morpholine rings is 1. The molecule has 2 heterocycles. The van der Waals surface area contributed by atoms with Crippen molar-refractivity contribution < 1.29 is 9.53 Å². The summed E-state index contributed by atoms with van der Waals surface area (Å²) in [4.78, 5) is 19.0. The molecule has 0 saturated carbocycles. The molecule has 3 rings (SSSR count). The highest BCUT2D eigenvalue weighted by atomic mass is 16.5. The van der Waals surface area contributed by atoms with Crippen LogP contribution in [0.2, 0.25) is 0 Å². The molecule has 2 aromatic rings. The van der Waals surface area contributed by atoms with Gasteiger partial charge in [0.25, 0.3) is 0 Å². The third kappa shape index (κ3) is 4.65. The Kier molecular flexibility index (Phi) is 5.79. The van der Waals surface area contributed by atoms with Crippen LogP contribution in [0.5, 0.6) is 0 Å². The summed E-state index contributed by atoms with van der Waals surface area (Å²) in [6.07, 6.45) is 3.57. The molecule has 132 valence electrons. The summed E-state index contributed by atoms with van der Waals surface area (Å²) in [6.45, 7) is 7.54. The van der Waals surface area contributed by atoms with Crippen LogP contribution in [0.3, 0.4) is 0 Å². The van der Waals surface area contributed by atoms with Crippen LogP contribution in [-0.4, -0.2) is 48.6 Å². The molecule has 1 amide bonds. The van der Waals surface area contributed by atoms with Crippen molar-refractivity contribution in [3.8, 4) is 0 Å². The third-order valence-electron chi connectivity index (χ3n) is 4.53. The first-order chi connectivity index (χ1) is 12.1. The number of aryl methyl sites for hydroxylation is 2. The molecular formula is C20H25N3O2. The lowest BCUT2D eigenvalue weighted by Gasteiger charge is -2.27. The predicted molar refractivity (Wildman–Crippen MR) is 97.4 cm³/mol. The van der Waals surface area contributed by atoms with Crippen LogP contribution in [-0.2, 0) is 9.53 Å². The highest BCUT2D eigenvalue weighted by Crippen LogP contribution is 2.25. The maximum atomic E-state index is 12.6. The lowest BCUT2D eigenvalue weighted by Crippen LogP contribution is -2.44. The molecule has 0 aliphatic carbocycles. The molecule has 1 aromatic carbocycles. The quantitative estimate of drug-likeness (QED) is 0.908. The van der Waals surface area contributed by atoms with E-state index in [2.05, 4.69) is 47.2 Å². The highest BCUT2D eigenvalue weighted by Gasteiger charge is 2.21. The summed E-state index contributed by atoms with van der Waals surface area (Å²) in [5.74, 6) is 0.0238. The largest absolute Gasteiger partial charge is 0.379 e. The maximum Gasteiger partial charge on any atom is 0.234 e. The van der Waals surface area contributed by atoms with Gasteiger partial charge in [0, 0.05) is 25.5 Å². The van der Waals surface area contributed by atoms with Crippen molar-refractivity contribution >= 4 is 5.91 Å². The van der Waals surface area contributed by atoms with Gasteiger partial charge in [-0.1, -0.05) is 29.8 Å². The van der Waals surface area contributed by atoms with Gasteiger partial charge < -0.3 is 10.1 Å². The van der Waals surface area contributed by atoms with E-state index < -0.39 is 0 Å². The van der Waals surface area contributed by atoms with E-state index in [0.29, 0.717) is 19.8 Å². The number of nitrogens with zero attached hydrogens (tertiary/aromatic N) is 2. The first-order valence-electron chi connectivity index (χ1n) is 8.70.